The first-order valence-corrected chi connectivity index (χ1v) is 5.85. The number of nitrogen functional groups attached to an aromatic ring is 1. The molecule has 2 rings (SSSR count). The van der Waals surface area contributed by atoms with Crippen molar-refractivity contribution in [1.82, 2.24) is 5.32 Å². The van der Waals surface area contributed by atoms with Gasteiger partial charge in [0.15, 0.2) is 0 Å². The van der Waals surface area contributed by atoms with Crippen LogP contribution in [0.4, 0.5) is 5.69 Å². The fourth-order valence-electron chi connectivity index (χ4n) is 1.62. The maximum absolute atomic E-state index is 12.0. The van der Waals surface area contributed by atoms with Gasteiger partial charge < -0.3 is 15.5 Å². The Morgan fingerprint density at radius 1 is 1.39 bits per heavy atom. The molecule has 2 aromatic rings. The molecule has 1 aromatic carbocycles. The van der Waals surface area contributed by atoms with Gasteiger partial charge in [0, 0.05) is 0 Å². The van der Waals surface area contributed by atoms with Gasteiger partial charge in [-0.25, -0.2) is 0 Å². The fourth-order valence-corrected chi connectivity index (χ4v) is 1.79. The number of anilines is 1. The van der Waals surface area contributed by atoms with Crippen LogP contribution in [-0.2, 0) is 0 Å². The molecule has 0 radical (unpaired) electrons. The third-order valence-corrected chi connectivity index (χ3v) is 2.94. The Balaban J connectivity index is 2.15. The van der Waals surface area contributed by atoms with Gasteiger partial charge in [-0.2, -0.15) is 0 Å². The molecule has 0 aliphatic heterocycles. The lowest BCUT2D eigenvalue weighted by molar-refractivity contribution is 0.0936. The van der Waals surface area contributed by atoms with E-state index in [1.807, 2.05) is 6.92 Å². The van der Waals surface area contributed by atoms with Crippen LogP contribution in [0.5, 0.6) is 0 Å². The van der Waals surface area contributed by atoms with Gasteiger partial charge in [-0.1, -0.05) is 17.7 Å². The number of halogens is 1. The van der Waals surface area contributed by atoms with Crippen LogP contribution in [0.1, 0.15) is 29.1 Å². The van der Waals surface area contributed by atoms with Gasteiger partial charge in [-0.05, 0) is 31.2 Å². The molecule has 0 saturated heterocycles. The van der Waals surface area contributed by atoms with Gasteiger partial charge in [0.1, 0.15) is 5.76 Å². The highest BCUT2D eigenvalue weighted by Gasteiger charge is 2.16. The van der Waals surface area contributed by atoms with Crippen LogP contribution in [0.3, 0.4) is 0 Å². The minimum absolute atomic E-state index is 0.231. The summed E-state index contributed by atoms with van der Waals surface area (Å²) >= 11 is 5.87. The summed E-state index contributed by atoms with van der Waals surface area (Å²) in [6, 6.07) is 8.30. The van der Waals surface area contributed by atoms with E-state index in [4.69, 9.17) is 21.8 Å². The van der Waals surface area contributed by atoms with Crippen molar-refractivity contribution in [2.75, 3.05) is 5.73 Å². The number of carbonyl (C=O) groups is 1. The summed E-state index contributed by atoms with van der Waals surface area (Å²) in [4.78, 5) is 12.0. The highest BCUT2D eigenvalue weighted by atomic mass is 35.5. The third kappa shape index (κ3) is 2.49. The van der Waals surface area contributed by atoms with Gasteiger partial charge in [-0.3, -0.25) is 4.79 Å². The molecule has 1 amide bonds. The molecule has 18 heavy (non-hydrogen) atoms. The number of nitrogens with one attached hydrogen (secondary N) is 1. The second kappa shape index (κ2) is 5.14. The van der Waals surface area contributed by atoms with Crippen LogP contribution < -0.4 is 11.1 Å². The Labute approximate surface area is 110 Å². The second-order valence-electron chi connectivity index (χ2n) is 3.91. The van der Waals surface area contributed by atoms with Crippen LogP contribution in [0.15, 0.2) is 41.0 Å². The minimum Gasteiger partial charge on any atom is -0.467 e. The molecule has 3 N–H and O–H groups in total. The smallest absolute Gasteiger partial charge is 0.254 e. The normalized spacial score (nSPS) is 12.1. The molecule has 0 fully saturated rings. The zero-order chi connectivity index (χ0) is 13.1. The number of para-hydroxylation sites is 1. The number of amides is 1. The lowest BCUT2D eigenvalue weighted by Gasteiger charge is -2.13. The Kier molecular flexibility index (Phi) is 3.58. The topological polar surface area (TPSA) is 68.3 Å². The quantitative estimate of drug-likeness (QED) is 0.838. The van der Waals surface area contributed by atoms with Crippen LogP contribution in [0.25, 0.3) is 0 Å². The van der Waals surface area contributed by atoms with Gasteiger partial charge in [-0.15, -0.1) is 0 Å². The van der Waals surface area contributed by atoms with Crippen molar-refractivity contribution in [1.29, 1.82) is 0 Å². The van der Waals surface area contributed by atoms with E-state index in [0.29, 0.717) is 16.3 Å². The Hall–Kier alpha value is -1.94. The van der Waals surface area contributed by atoms with E-state index in [1.54, 1.807) is 36.6 Å². The maximum Gasteiger partial charge on any atom is 0.254 e. The van der Waals surface area contributed by atoms with Gasteiger partial charge in [0.2, 0.25) is 0 Å². The van der Waals surface area contributed by atoms with Gasteiger partial charge >= 0.3 is 0 Å². The molecular weight excluding hydrogens is 252 g/mol. The molecule has 0 aliphatic carbocycles. The molecule has 1 unspecified atom stereocenters. The first-order chi connectivity index (χ1) is 8.59. The fraction of sp³-hybridized carbons (Fsp3) is 0.154. The van der Waals surface area contributed by atoms with Crippen molar-refractivity contribution in [3.8, 4) is 0 Å². The van der Waals surface area contributed by atoms with Crippen molar-refractivity contribution in [3.63, 3.8) is 0 Å². The van der Waals surface area contributed by atoms with Crippen LogP contribution in [0, 0.1) is 0 Å². The summed E-state index contributed by atoms with van der Waals surface area (Å²) in [6.07, 6.45) is 1.56. The molecule has 94 valence electrons. The summed E-state index contributed by atoms with van der Waals surface area (Å²) in [5.41, 5.74) is 6.40. The molecule has 1 atom stereocenters. The summed E-state index contributed by atoms with van der Waals surface area (Å²) in [6.45, 7) is 1.83. The number of carbonyl (C=O) groups excluding carboxylic acids is 1. The van der Waals surface area contributed by atoms with Crippen molar-refractivity contribution in [3.05, 3.63) is 52.9 Å². The Bertz CT molecular complexity index is 552. The van der Waals surface area contributed by atoms with Crippen LogP contribution in [-0.4, -0.2) is 5.91 Å². The zero-order valence-electron chi connectivity index (χ0n) is 9.81. The molecule has 0 spiro atoms. The highest BCUT2D eigenvalue weighted by Crippen LogP contribution is 2.23. The molecule has 1 heterocycles. The molecular formula is C13H13ClN2O2. The van der Waals surface area contributed by atoms with Crippen LogP contribution in [0.2, 0.25) is 5.02 Å². The highest BCUT2D eigenvalue weighted by molar-refractivity contribution is 6.33. The number of furan rings is 1. The molecule has 0 bridgehead atoms. The maximum atomic E-state index is 12.0. The van der Waals surface area contributed by atoms with E-state index in [1.165, 1.54) is 0 Å². The number of hydrogen-bond acceptors (Lipinski definition) is 3. The first-order valence-electron chi connectivity index (χ1n) is 5.48. The standard InChI is InChI=1S/C13H13ClN2O2/c1-8(11-6-3-7-18-11)16-13(17)9-4-2-5-10(14)12(9)15/h2-8H,15H2,1H3,(H,16,17). The first kappa shape index (κ1) is 12.5. The van der Waals surface area contributed by atoms with Crippen molar-refractivity contribution >= 4 is 23.2 Å². The second-order valence-corrected chi connectivity index (χ2v) is 4.32. The average molecular weight is 265 g/mol. The SMILES string of the molecule is CC(NC(=O)c1cccc(Cl)c1N)c1ccco1. The van der Waals surface area contributed by atoms with Gasteiger partial charge in [0.25, 0.3) is 5.91 Å². The van der Waals surface area contributed by atoms with Crippen LogP contribution >= 0.6 is 11.6 Å². The summed E-state index contributed by atoms with van der Waals surface area (Å²) in [5.74, 6) is 0.405. The molecule has 4 nitrogen and oxygen atoms in total. The van der Waals surface area contributed by atoms with Crippen molar-refractivity contribution < 1.29 is 9.21 Å². The monoisotopic (exact) mass is 264 g/mol. The number of hydrogen-bond donors (Lipinski definition) is 2. The lowest BCUT2D eigenvalue weighted by atomic mass is 10.1. The van der Waals surface area contributed by atoms with E-state index >= 15 is 0 Å². The van der Waals surface area contributed by atoms with E-state index in [2.05, 4.69) is 5.32 Å². The van der Waals surface area contributed by atoms with E-state index < -0.39 is 0 Å². The number of rotatable bonds is 3. The average Bonchev–Trinajstić information content (AvgIpc) is 2.86. The largest absolute Gasteiger partial charge is 0.467 e. The summed E-state index contributed by atoms with van der Waals surface area (Å²) in [7, 11) is 0. The van der Waals surface area contributed by atoms with Gasteiger partial charge in [0.05, 0.1) is 28.6 Å². The van der Waals surface area contributed by atoms with Crippen molar-refractivity contribution in [2.45, 2.75) is 13.0 Å². The summed E-state index contributed by atoms with van der Waals surface area (Å²) < 4.78 is 5.21. The molecule has 5 heteroatoms. The number of nitrogens with two attached hydrogens (primary N) is 1. The zero-order valence-corrected chi connectivity index (χ0v) is 10.6. The minimum atomic E-state index is -0.279. The Morgan fingerprint density at radius 3 is 2.83 bits per heavy atom. The molecule has 1 aromatic heterocycles. The van der Waals surface area contributed by atoms with E-state index in [-0.39, 0.29) is 17.6 Å². The van der Waals surface area contributed by atoms with Crippen molar-refractivity contribution in [2.24, 2.45) is 0 Å². The Morgan fingerprint density at radius 2 is 2.17 bits per heavy atom. The number of benzene rings is 1. The van der Waals surface area contributed by atoms with E-state index in [9.17, 15) is 4.79 Å². The third-order valence-electron chi connectivity index (χ3n) is 2.62. The molecule has 0 aliphatic rings. The lowest BCUT2D eigenvalue weighted by Crippen LogP contribution is -2.27. The van der Waals surface area contributed by atoms with E-state index in [0.717, 1.165) is 0 Å². The summed E-state index contributed by atoms with van der Waals surface area (Å²) in [5, 5.41) is 3.16. The predicted molar refractivity (Wildman–Crippen MR) is 70.5 cm³/mol. The molecule has 0 saturated carbocycles. The predicted octanol–water partition coefficient (Wildman–Crippen LogP) is 3.01.